The van der Waals surface area contributed by atoms with Gasteiger partial charge in [-0.25, -0.2) is 0 Å². The van der Waals surface area contributed by atoms with Crippen LogP contribution in [-0.2, 0) is 6.18 Å². The number of thiocarbonyl (C=S) groups is 1. The number of anilines is 1. The summed E-state index contributed by atoms with van der Waals surface area (Å²) in [5, 5.41) is 6.15. The van der Waals surface area contributed by atoms with Gasteiger partial charge in [-0.2, -0.15) is 13.2 Å². The van der Waals surface area contributed by atoms with Gasteiger partial charge in [-0.15, -0.1) is 0 Å². The number of methoxy groups -OCH3 is 1. The van der Waals surface area contributed by atoms with E-state index >= 15 is 0 Å². The molecule has 0 aliphatic carbocycles. The molecule has 0 unspecified atom stereocenters. The molecule has 0 fully saturated rings. The van der Waals surface area contributed by atoms with Gasteiger partial charge in [-0.1, -0.05) is 18.2 Å². The Morgan fingerprint density at radius 2 is 1.85 bits per heavy atom. The smallest absolute Gasteiger partial charge is 0.416 e. The quantitative estimate of drug-likeness (QED) is 0.655. The number of halogens is 3. The molecule has 0 radical (unpaired) electrons. The molecule has 27 heavy (non-hydrogen) atoms. The minimum absolute atomic E-state index is 0.0439. The Balaban J connectivity index is 2.05. The Labute approximate surface area is 162 Å². The fourth-order valence-corrected chi connectivity index (χ4v) is 2.92. The molecule has 0 amide bonds. The Hall–Kier alpha value is -2.32. The average molecular weight is 398 g/mol. The molecule has 0 spiro atoms. The second-order valence-corrected chi connectivity index (χ2v) is 6.69. The molecule has 0 aliphatic rings. The van der Waals surface area contributed by atoms with Crippen LogP contribution < -0.4 is 20.3 Å². The number of quaternary nitrogens is 1. The van der Waals surface area contributed by atoms with Crippen molar-refractivity contribution in [2.45, 2.75) is 12.2 Å². The zero-order valence-corrected chi connectivity index (χ0v) is 16.2. The Morgan fingerprint density at radius 3 is 2.48 bits per heavy atom. The minimum atomic E-state index is -4.39. The highest BCUT2D eigenvalue weighted by molar-refractivity contribution is 7.80. The lowest BCUT2D eigenvalue weighted by atomic mass is 10.0. The van der Waals surface area contributed by atoms with Crippen molar-refractivity contribution in [2.75, 3.05) is 33.1 Å². The van der Waals surface area contributed by atoms with Gasteiger partial charge in [0.2, 0.25) is 0 Å². The van der Waals surface area contributed by atoms with Crippen LogP contribution in [0.3, 0.4) is 0 Å². The fraction of sp³-hybridized carbons (Fsp3) is 0.316. The third kappa shape index (κ3) is 5.83. The first-order valence-electron chi connectivity index (χ1n) is 8.37. The number of benzene rings is 2. The third-order valence-electron chi connectivity index (χ3n) is 4.13. The fourth-order valence-electron chi connectivity index (χ4n) is 2.72. The first-order valence-corrected chi connectivity index (χ1v) is 8.78. The maximum Gasteiger partial charge on any atom is 0.416 e. The maximum atomic E-state index is 12.8. The van der Waals surface area contributed by atoms with Gasteiger partial charge in [0.25, 0.3) is 0 Å². The van der Waals surface area contributed by atoms with Crippen LogP contribution in [0.25, 0.3) is 0 Å². The summed E-state index contributed by atoms with van der Waals surface area (Å²) in [6.07, 6.45) is -4.39. The van der Waals surface area contributed by atoms with Crippen LogP contribution in [-0.4, -0.2) is 32.9 Å². The van der Waals surface area contributed by atoms with Crippen molar-refractivity contribution in [1.29, 1.82) is 0 Å². The molecule has 8 heteroatoms. The van der Waals surface area contributed by atoms with E-state index in [0.29, 0.717) is 6.54 Å². The third-order valence-corrected chi connectivity index (χ3v) is 4.37. The molecule has 0 bridgehead atoms. The van der Waals surface area contributed by atoms with Crippen LogP contribution in [0.1, 0.15) is 17.2 Å². The highest BCUT2D eigenvalue weighted by Gasteiger charge is 2.30. The SMILES string of the molecule is COc1ccccc1[C@@H](CNC(=S)Nc1cccc(C(F)(F)F)c1)[NH+](C)C. The molecule has 0 aliphatic heterocycles. The Morgan fingerprint density at radius 1 is 1.15 bits per heavy atom. The number of nitrogens with one attached hydrogen (secondary N) is 3. The topological polar surface area (TPSA) is 37.7 Å². The molecule has 3 N–H and O–H groups in total. The van der Waals surface area contributed by atoms with Gasteiger partial charge in [0.15, 0.2) is 5.11 Å². The number of hydrogen-bond donors (Lipinski definition) is 3. The minimum Gasteiger partial charge on any atom is -0.496 e. The number of rotatable bonds is 6. The van der Waals surface area contributed by atoms with Crippen molar-refractivity contribution in [3.63, 3.8) is 0 Å². The molecular formula is C19H23F3N3OS+. The van der Waals surface area contributed by atoms with Crippen molar-refractivity contribution in [1.82, 2.24) is 5.32 Å². The zero-order chi connectivity index (χ0) is 20.0. The van der Waals surface area contributed by atoms with E-state index in [4.69, 9.17) is 17.0 Å². The molecule has 0 heterocycles. The molecule has 0 saturated carbocycles. The van der Waals surface area contributed by atoms with Crippen LogP contribution in [0, 0.1) is 0 Å². The van der Waals surface area contributed by atoms with E-state index in [1.807, 2.05) is 38.4 Å². The number of ether oxygens (including phenoxy) is 1. The summed E-state index contributed by atoms with van der Waals surface area (Å²) < 4.78 is 43.9. The van der Waals surface area contributed by atoms with Crippen molar-refractivity contribution < 1.29 is 22.8 Å². The number of hydrogen-bond acceptors (Lipinski definition) is 2. The molecule has 0 aromatic heterocycles. The van der Waals surface area contributed by atoms with E-state index in [0.717, 1.165) is 28.3 Å². The number of likely N-dealkylation sites (N-methyl/N-ethyl adjacent to an activating group) is 1. The monoisotopic (exact) mass is 398 g/mol. The van der Waals surface area contributed by atoms with Crippen molar-refractivity contribution in [3.8, 4) is 5.75 Å². The Kier molecular flexibility index (Phi) is 7.04. The molecule has 1 atom stereocenters. The summed E-state index contributed by atoms with van der Waals surface area (Å²) >= 11 is 5.24. The van der Waals surface area contributed by atoms with E-state index in [9.17, 15) is 13.2 Å². The highest BCUT2D eigenvalue weighted by atomic mass is 32.1. The van der Waals surface area contributed by atoms with E-state index in [1.54, 1.807) is 7.11 Å². The zero-order valence-electron chi connectivity index (χ0n) is 15.4. The van der Waals surface area contributed by atoms with Gasteiger partial charge in [0.05, 0.1) is 38.9 Å². The highest BCUT2D eigenvalue weighted by Crippen LogP contribution is 2.30. The van der Waals surface area contributed by atoms with Crippen LogP contribution in [0.4, 0.5) is 18.9 Å². The predicted octanol–water partition coefficient (Wildman–Crippen LogP) is 2.89. The van der Waals surface area contributed by atoms with Crippen molar-refractivity contribution >= 4 is 23.0 Å². The van der Waals surface area contributed by atoms with Gasteiger partial charge in [-0.3, -0.25) is 0 Å². The molecule has 2 aromatic rings. The first kappa shape index (κ1) is 21.0. The molecule has 4 nitrogen and oxygen atoms in total. The molecule has 2 aromatic carbocycles. The lowest BCUT2D eigenvalue weighted by Gasteiger charge is -2.24. The second-order valence-electron chi connectivity index (χ2n) is 6.29. The largest absolute Gasteiger partial charge is 0.496 e. The summed E-state index contributed by atoms with van der Waals surface area (Å²) in [7, 11) is 5.65. The van der Waals surface area contributed by atoms with Gasteiger partial charge >= 0.3 is 6.18 Å². The Bertz CT molecular complexity index is 781. The predicted molar refractivity (Wildman–Crippen MR) is 104 cm³/mol. The van der Waals surface area contributed by atoms with Crippen LogP contribution in [0.2, 0.25) is 0 Å². The van der Waals surface area contributed by atoms with Crippen molar-refractivity contribution in [3.05, 3.63) is 59.7 Å². The van der Waals surface area contributed by atoms with E-state index in [2.05, 4.69) is 10.6 Å². The lowest BCUT2D eigenvalue weighted by Crippen LogP contribution is -3.07. The molecule has 146 valence electrons. The van der Waals surface area contributed by atoms with Crippen LogP contribution in [0.15, 0.2) is 48.5 Å². The molecule has 2 rings (SSSR count). The number of para-hydroxylation sites is 1. The van der Waals surface area contributed by atoms with Gasteiger partial charge in [-0.05, 0) is 42.5 Å². The van der Waals surface area contributed by atoms with E-state index < -0.39 is 11.7 Å². The van der Waals surface area contributed by atoms with Gasteiger partial charge in [0, 0.05) is 5.69 Å². The normalized spacial score (nSPS) is 12.6. The second kappa shape index (κ2) is 9.05. The van der Waals surface area contributed by atoms with Crippen LogP contribution >= 0.6 is 12.2 Å². The summed E-state index contributed by atoms with van der Waals surface area (Å²) in [6, 6.07) is 12.7. The summed E-state index contributed by atoms with van der Waals surface area (Å²) in [4.78, 5) is 1.16. The lowest BCUT2D eigenvalue weighted by molar-refractivity contribution is -0.890. The van der Waals surface area contributed by atoms with Crippen molar-refractivity contribution in [2.24, 2.45) is 0 Å². The molecule has 0 saturated heterocycles. The van der Waals surface area contributed by atoms with Gasteiger partial charge < -0.3 is 20.3 Å². The average Bonchev–Trinajstić information content (AvgIpc) is 2.61. The standard InChI is InChI=1S/C19H22F3N3OS/c1-25(2)16(15-9-4-5-10-17(15)26-3)12-23-18(27)24-14-8-6-7-13(11-14)19(20,21)22/h4-11,16H,12H2,1-3H3,(H2,23,24,27)/p+1/t16-/m1/s1. The van der Waals surface area contributed by atoms with E-state index in [-0.39, 0.29) is 16.8 Å². The first-order chi connectivity index (χ1) is 12.7. The molecular weight excluding hydrogens is 375 g/mol. The number of alkyl halides is 3. The van der Waals surface area contributed by atoms with Crippen LogP contribution in [0.5, 0.6) is 5.75 Å². The maximum absolute atomic E-state index is 12.8. The van der Waals surface area contributed by atoms with E-state index in [1.165, 1.54) is 12.1 Å². The van der Waals surface area contributed by atoms with Gasteiger partial charge in [0.1, 0.15) is 11.8 Å². The summed E-state index contributed by atoms with van der Waals surface area (Å²) in [5.74, 6) is 0.780. The summed E-state index contributed by atoms with van der Waals surface area (Å²) in [5.41, 5.74) is 0.586. The summed E-state index contributed by atoms with van der Waals surface area (Å²) in [6.45, 7) is 0.494.